The van der Waals surface area contributed by atoms with Gasteiger partial charge in [-0.1, -0.05) is 23.9 Å². The van der Waals surface area contributed by atoms with E-state index in [4.69, 9.17) is 4.74 Å². The number of hydrogen-bond donors (Lipinski definition) is 1. The zero-order valence-corrected chi connectivity index (χ0v) is 14.5. The van der Waals surface area contributed by atoms with Crippen molar-refractivity contribution in [2.45, 2.75) is 31.3 Å². The lowest BCUT2D eigenvalue weighted by Gasteiger charge is -2.26. The Morgan fingerprint density at radius 1 is 1.39 bits per heavy atom. The molecule has 0 atom stereocenters. The number of para-hydroxylation sites is 1. The number of hydrogen-bond acceptors (Lipinski definition) is 4. The number of carbonyl (C=O) groups excluding carboxylic acids is 2. The van der Waals surface area contributed by atoms with Crippen LogP contribution in [0.3, 0.4) is 0 Å². The first-order chi connectivity index (χ1) is 11.0. The molecule has 0 saturated heterocycles. The molecule has 1 aliphatic heterocycles. The normalized spacial score (nSPS) is 15.9. The average molecular weight is 334 g/mol. The van der Waals surface area contributed by atoms with Crippen LogP contribution in [0.15, 0.2) is 40.1 Å². The third-order valence-electron chi connectivity index (χ3n) is 3.30. The Bertz CT molecular complexity index is 614. The fraction of sp³-hybridized carbons (Fsp3) is 0.412. The molecule has 0 bridgehead atoms. The molecule has 0 aromatic heterocycles. The zero-order valence-electron chi connectivity index (χ0n) is 13.7. The number of carbonyl (C=O) groups is 2. The minimum Gasteiger partial charge on any atom is -0.379 e. The molecule has 1 N–H and O–H groups in total. The van der Waals surface area contributed by atoms with E-state index in [0.29, 0.717) is 18.1 Å². The van der Waals surface area contributed by atoms with E-state index in [1.807, 2.05) is 38.1 Å². The molecule has 23 heavy (non-hydrogen) atoms. The van der Waals surface area contributed by atoms with Gasteiger partial charge in [0.15, 0.2) is 0 Å². The van der Waals surface area contributed by atoms with E-state index in [1.54, 1.807) is 11.9 Å². The van der Waals surface area contributed by atoms with Crippen molar-refractivity contribution in [1.29, 1.82) is 0 Å². The van der Waals surface area contributed by atoms with Gasteiger partial charge in [0.25, 0.3) is 5.91 Å². The van der Waals surface area contributed by atoms with Gasteiger partial charge in [0.1, 0.15) is 0 Å². The standard InChI is InChI=1S/C17H22N2O3S/c1-12(2)22-10-6-9-18-16(20)11-15-17(21)19(3)13-7-4-5-8-14(13)23-15/h4-5,7-8,11-12H,6,9-10H2,1-3H3,(H,18,20)/b15-11+. The predicted octanol–water partition coefficient (Wildman–Crippen LogP) is 2.57. The summed E-state index contributed by atoms with van der Waals surface area (Å²) in [4.78, 5) is 27.2. The van der Waals surface area contributed by atoms with Crippen molar-refractivity contribution < 1.29 is 14.3 Å². The second kappa shape index (κ2) is 8.17. The van der Waals surface area contributed by atoms with Crippen molar-refractivity contribution in [2.75, 3.05) is 25.1 Å². The number of amides is 2. The Labute approximate surface area is 141 Å². The molecule has 0 radical (unpaired) electrons. The van der Waals surface area contributed by atoms with Gasteiger partial charge in [0, 0.05) is 31.2 Å². The molecule has 0 unspecified atom stereocenters. The summed E-state index contributed by atoms with van der Waals surface area (Å²) in [6, 6.07) is 7.65. The van der Waals surface area contributed by atoms with Crippen molar-refractivity contribution in [3.8, 4) is 0 Å². The Morgan fingerprint density at radius 2 is 2.13 bits per heavy atom. The summed E-state index contributed by atoms with van der Waals surface area (Å²) in [5.74, 6) is -0.412. The van der Waals surface area contributed by atoms with Crippen LogP contribution in [0.5, 0.6) is 0 Å². The average Bonchev–Trinajstić information content (AvgIpc) is 2.52. The van der Waals surface area contributed by atoms with Gasteiger partial charge in [0.2, 0.25) is 5.91 Å². The monoisotopic (exact) mass is 334 g/mol. The minimum absolute atomic E-state index is 0.160. The van der Waals surface area contributed by atoms with E-state index < -0.39 is 0 Å². The van der Waals surface area contributed by atoms with Crippen LogP contribution in [-0.4, -0.2) is 38.1 Å². The Balaban J connectivity index is 1.92. The molecule has 0 spiro atoms. The number of likely N-dealkylation sites (N-methyl/N-ethyl adjacent to an activating group) is 1. The Kier molecular flexibility index (Phi) is 6.24. The topological polar surface area (TPSA) is 58.6 Å². The van der Waals surface area contributed by atoms with Crippen molar-refractivity contribution in [2.24, 2.45) is 0 Å². The molecular formula is C17H22N2O3S. The summed E-state index contributed by atoms with van der Waals surface area (Å²) in [7, 11) is 1.72. The molecule has 124 valence electrons. The molecule has 0 saturated carbocycles. The number of nitrogens with zero attached hydrogens (tertiary/aromatic N) is 1. The fourth-order valence-corrected chi connectivity index (χ4v) is 3.20. The van der Waals surface area contributed by atoms with Crippen LogP contribution in [0.2, 0.25) is 0 Å². The summed E-state index contributed by atoms with van der Waals surface area (Å²) >= 11 is 1.33. The van der Waals surface area contributed by atoms with Crippen LogP contribution < -0.4 is 10.2 Å². The second-order valence-corrected chi connectivity index (χ2v) is 6.59. The lowest BCUT2D eigenvalue weighted by molar-refractivity contribution is -0.118. The maximum absolute atomic E-state index is 12.3. The van der Waals surface area contributed by atoms with Crippen LogP contribution >= 0.6 is 11.8 Å². The molecule has 0 aliphatic carbocycles. The van der Waals surface area contributed by atoms with Crippen molar-refractivity contribution in [1.82, 2.24) is 5.32 Å². The largest absolute Gasteiger partial charge is 0.379 e. The molecule has 5 nitrogen and oxygen atoms in total. The Hall–Kier alpha value is -1.79. The lowest BCUT2D eigenvalue weighted by atomic mass is 10.2. The Morgan fingerprint density at radius 3 is 2.87 bits per heavy atom. The van der Waals surface area contributed by atoms with Gasteiger partial charge in [-0.25, -0.2) is 0 Å². The van der Waals surface area contributed by atoms with E-state index in [1.165, 1.54) is 17.8 Å². The minimum atomic E-state index is -0.252. The van der Waals surface area contributed by atoms with Gasteiger partial charge < -0.3 is 15.0 Å². The van der Waals surface area contributed by atoms with Gasteiger partial charge in [-0.05, 0) is 32.4 Å². The molecule has 2 rings (SSSR count). The van der Waals surface area contributed by atoms with Crippen LogP contribution in [-0.2, 0) is 14.3 Å². The first-order valence-electron chi connectivity index (χ1n) is 7.65. The summed E-state index contributed by atoms with van der Waals surface area (Å²) in [5, 5.41) is 2.78. The third-order valence-corrected chi connectivity index (χ3v) is 4.37. The molecule has 1 aliphatic rings. The van der Waals surface area contributed by atoms with Gasteiger partial charge in [0.05, 0.1) is 16.7 Å². The van der Waals surface area contributed by atoms with Gasteiger partial charge in [-0.15, -0.1) is 0 Å². The molecule has 1 heterocycles. The van der Waals surface area contributed by atoms with Crippen molar-refractivity contribution in [3.63, 3.8) is 0 Å². The van der Waals surface area contributed by atoms with E-state index in [2.05, 4.69) is 5.32 Å². The van der Waals surface area contributed by atoms with E-state index >= 15 is 0 Å². The number of nitrogens with one attached hydrogen (secondary N) is 1. The van der Waals surface area contributed by atoms with Gasteiger partial charge in [-0.2, -0.15) is 0 Å². The van der Waals surface area contributed by atoms with Gasteiger partial charge >= 0.3 is 0 Å². The quantitative estimate of drug-likeness (QED) is 0.642. The third kappa shape index (κ3) is 4.84. The highest BCUT2D eigenvalue weighted by atomic mass is 32.2. The van der Waals surface area contributed by atoms with Crippen LogP contribution in [0.1, 0.15) is 20.3 Å². The SMILES string of the molecule is CC(C)OCCCNC(=O)/C=C1/Sc2ccccc2N(C)C1=O. The molecule has 0 fully saturated rings. The van der Waals surface area contributed by atoms with E-state index in [-0.39, 0.29) is 17.9 Å². The van der Waals surface area contributed by atoms with E-state index in [0.717, 1.165) is 17.0 Å². The van der Waals surface area contributed by atoms with Crippen LogP contribution in [0.25, 0.3) is 0 Å². The van der Waals surface area contributed by atoms with Crippen LogP contribution in [0.4, 0.5) is 5.69 Å². The number of ether oxygens (including phenoxy) is 1. The van der Waals surface area contributed by atoms with E-state index in [9.17, 15) is 9.59 Å². The number of anilines is 1. The highest BCUT2D eigenvalue weighted by Gasteiger charge is 2.26. The summed E-state index contributed by atoms with van der Waals surface area (Å²) in [6.45, 7) is 5.09. The highest BCUT2D eigenvalue weighted by molar-refractivity contribution is 8.04. The second-order valence-electron chi connectivity index (χ2n) is 5.51. The van der Waals surface area contributed by atoms with Crippen molar-refractivity contribution in [3.05, 3.63) is 35.2 Å². The summed E-state index contributed by atoms with van der Waals surface area (Å²) in [5.41, 5.74) is 0.867. The molecular weight excluding hydrogens is 312 g/mol. The predicted molar refractivity (Wildman–Crippen MR) is 92.5 cm³/mol. The lowest BCUT2D eigenvalue weighted by Crippen LogP contribution is -2.31. The van der Waals surface area contributed by atoms with Crippen LogP contribution in [0, 0.1) is 0 Å². The molecule has 2 amide bonds. The maximum Gasteiger partial charge on any atom is 0.265 e. The molecule has 6 heteroatoms. The summed E-state index contributed by atoms with van der Waals surface area (Å²) in [6.07, 6.45) is 2.32. The first-order valence-corrected chi connectivity index (χ1v) is 8.46. The number of thioether (sulfide) groups is 1. The number of fused-ring (bicyclic) bond motifs is 1. The maximum atomic E-state index is 12.3. The van der Waals surface area contributed by atoms with Gasteiger partial charge in [-0.3, -0.25) is 9.59 Å². The summed E-state index contributed by atoms with van der Waals surface area (Å²) < 4.78 is 5.41. The first kappa shape index (κ1) is 17.6. The van der Waals surface area contributed by atoms with Crippen molar-refractivity contribution >= 4 is 29.3 Å². The molecule has 1 aromatic rings. The number of benzene rings is 1. The highest BCUT2D eigenvalue weighted by Crippen LogP contribution is 2.40. The smallest absolute Gasteiger partial charge is 0.265 e. The zero-order chi connectivity index (χ0) is 16.8. The fourth-order valence-electron chi connectivity index (χ4n) is 2.12. The number of rotatable bonds is 6. The molecule has 1 aromatic carbocycles.